The van der Waals surface area contributed by atoms with Crippen LogP contribution in [0.1, 0.15) is 24.5 Å². The quantitative estimate of drug-likeness (QED) is 0.791. The Morgan fingerprint density at radius 3 is 2.64 bits per heavy atom. The summed E-state index contributed by atoms with van der Waals surface area (Å²) in [5, 5.41) is 0.534. The van der Waals surface area contributed by atoms with Gasteiger partial charge in [-0.2, -0.15) is 0 Å². The molecule has 1 unspecified atom stereocenters. The van der Waals surface area contributed by atoms with Crippen molar-refractivity contribution in [2.45, 2.75) is 19.6 Å². The van der Waals surface area contributed by atoms with Gasteiger partial charge in [0.05, 0.1) is 11.4 Å². The molecule has 1 heterocycles. The lowest BCUT2D eigenvalue weighted by atomic mass is 10.0. The molecule has 0 radical (unpaired) electrons. The summed E-state index contributed by atoms with van der Waals surface area (Å²) in [7, 11) is 1.63. The van der Waals surface area contributed by atoms with Gasteiger partial charge in [-0.3, -0.25) is 9.59 Å². The third-order valence-corrected chi connectivity index (χ3v) is 4.18. The Morgan fingerprint density at radius 2 is 1.96 bits per heavy atom. The van der Waals surface area contributed by atoms with Crippen LogP contribution >= 0.6 is 11.6 Å². The number of hydrogen-bond acceptors (Lipinski definition) is 4. The van der Waals surface area contributed by atoms with Crippen molar-refractivity contribution < 1.29 is 14.3 Å². The van der Waals surface area contributed by atoms with Gasteiger partial charge in [0.2, 0.25) is 0 Å². The highest BCUT2D eigenvalue weighted by atomic mass is 35.5. The average molecular weight is 357 g/mol. The summed E-state index contributed by atoms with van der Waals surface area (Å²) in [6, 6.07) is 14.7. The SMILES string of the molecule is CCC(=O)OC1N=C(c2ccccc2)c2cc(Cl)ccc2N(C)C1=O. The van der Waals surface area contributed by atoms with E-state index in [1.807, 2.05) is 30.3 Å². The van der Waals surface area contributed by atoms with Gasteiger partial charge in [-0.25, -0.2) is 4.99 Å². The lowest BCUT2D eigenvalue weighted by molar-refractivity contribution is -0.154. The van der Waals surface area contributed by atoms with Gasteiger partial charge < -0.3 is 9.64 Å². The lowest BCUT2D eigenvalue weighted by Gasteiger charge is -2.20. The van der Waals surface area contributed by atoms with Gasteiger partial charge in [-0.1, -0.05) is 48.9 Å². The predicted molar refractivity (Wildman–Crippen MR) is 97.1 cm³/mol. The molecule has 1 aliphatic rings. The molecule has 0 N–H and O–H groups in total. The van der Waals surface area contributed by atoms with Gasteiger partial charge in [0.25, 0.3) is 12.1 Å². The molecule has 0 fully saturated rings. The standard InChI is InChI=1S/C19H17ClN2O3/c1-3-16(23)25-18-19(24)22(2)15-10-9-13(20)11-14(15)17(21-18)12-7-5-4-6-8-12/h4-11,18H,3H2,1-2H3. The fourth-order valence-corrected chi connectivity index (χ4v) is 2.80. The number of rotatable bonds is 3. The van der Waals surface area contributed by atoms with Crippen LogP contribution in [-0.4, -0.2) is 30.9 Å². The zero-order valence-corrected chi connectivity index (χ0v) is 14.7. The van der Waals surface area contributed by atoms with E-state index in [0.717, 1.165) is 5.56 Å². The maximum absolute atomic E-state index is 12.7. The van der Waals surface area contributed by atoms with Gasteiger partial charge in [-0.05, 0) is 18.2 Å². The van der Waals surface area contributed by atoms with E-state index in [4.69, 9.17) is 16.3 Å². The zero-order valence-electron chi connectivity index (χ0n) is 13.9. The van der Waals surface area contributed by atoms with Crippen LogP contribution in [0.2, 0.25) is 5.02 Å². The molecule has 0 spiro atoms. The molecule has 25 heavy (non-hydrogen) atoms. The molecule has 0 saturated carbocycles. The van der Waals surface area contributed by atoms with Gasteiger partial charge in [0.15, 0.2) is 0 Å². The van der Waals surface area contributed by atoms with Crippen molar-refractivity contribution in [2.24, 2.45) is 4.99 Å². The lowest BCUT2D eigenvalue weighted by Crippen LogP contribution is -2.37. The second kappa shape index (κ2) is 7.07. The van der Waals surface area contributed by atoms with Gasteiger partial charge in [0.1, 0.15) is 0 Å². The second-order valence-electron chi connectivity index (χ2n) is 5.60. The topological polar surface area (TPSA) is 59.0 Å². The molecule has 6 heteroatoms. The molecule has 0 bridgehead atoms. The Hall–Kier alpha value is -2.66. The molecule has 1 amide bonds. The van der Waals surface area contributed by atoms with Crippen LogP contribution in [0.25, 0.3) is 0 Å². The van der Waals surface area contributed by atoms with E-state index in [1.54, 1.807) is 32.2 Å². The number of esters is 1. The number of ether oxygens (including phenoxy) is 1. The molecule has 0 aromatic heterocycles. The van der Waals surface area contributed by atoms with Crippen LogP contribution < -0.4 is 4.90 Å². The molecular formula is C19H17ClN2O3. The first kappa shape index (κ1) is 17.2. The smallest absolute Gasteiger partial charge is 0.307 e. The third-order valence-electron chi connectivity index (χ3n) is 3.94. The van der Waals surface area contributed by atoms with Crippen LogP contribution in [0, 0.1) is 0 Å². The maximum atomic E-state index is 12.7. The minimum atomic E-state index is -1.22. The number of aliphatic imine (C=N–C) groups is 1. The fourth-order valence-electron chi connectivity index (χ4n) is 2.63. The Bertz CT molecular complexity index is 849. The Labute approximate surface area is 150 Å². The van der Waals surface area contributed by atoms with Crippen molar-refractivity contribution in [3.63, 3.8) is 0 Å². The number of carbonyl (C=O) groups excluding carboxylic acids is 2. The molecule has 1 atom stereocenters. The number of benzodiazepines with no additional fused rings is 1. The summed E-state index contributed by atoms with van der Waals surface area (Å²) in [5.41, 5.74) is 2.74. The van der Waals surface area contributed by atoms with Crippen LogP contribution in [0.5, 0.6) is 0 Å². The number of anilines is 1. The maximum Gasteiger partial charge on any atom is 0.307 e. The number of likely N-dealkylation sites (N-methyl/N-ethyl adjacent to an activating group) is 1. The molecule has 0 aliphatic carbocycles. The van der Waals surface area contributed by atoms with Crippen molar-refractivity contribution >= 4 is 34.9 Å². The number of fused-ring (bicyclic) bond motifs is 1. The van der Waals surface area contributed by atoms with Gasteiger partial charge >= 0.3 is 5.97 Å². The molecule has 2 aromatic rings. The first-order valence-corrected chi connectivity index (χ1v) is 8.29. The Balaban J connectivity index is 2.20. The largest absolute Gasteiger partial charge is 0.430 e. The number of nitrogens with zero attached hydrogens (tertiary/aromatic N) is 2. The van der Waals surface area contributed by atoms with E-state index in [9.17, 15) is 9.59 Å². The zero-order chi connectivity index (χ0) is 18.0. The van der Waals surface area contributed by atoms with Crippen molar-refractivity contribution in [3.05, 3.63) is 64.7 Å². The summed E-state index contributed by atoms with van der Waals surface area (Å²) in [4.78, 5) is 30.4. The van der Waals surface area contributed by atoms with Crippen molar-refractivity contribution in [1.82, 2.24) is 0 Å². The highest BCUT2D eigenvalue weighted by Crippen LogP contribution is 2.30. The molecule has 3 rings (SSSR count). The molecule has 1 aliphatic heterocycles. The first-order chi connectivity index (χ1) is 12.0. The van der Waals surface area contributed by atoms with E-state index < -0.39 is 18.1 Å². The summed E-state index contributed by atoms with van der Waals surface area (Å²) in [5.74, 6) is -0.886. The number of benzene rings is 2. The average Bonchev–Trinajstić information content (AvgIpc) is 2.73. The van der Waals surface area contributed by atoms with Gasteiger partial charge in [-0.15, -0.1) is 0 Å². The Morgan fingerprint density at radius 1 is 1.24 bits per heavy atom. The predicted octanol–water partition coefficient (Wildman–Crippen LogP) is 3.43. The highest BCUT2D eigenvalue weighted by molar-refractivity contribution is 6.32. The van der Waals surface area contributed by atoms with E-state index in [1.165, 1.54) is 4.90 Å². The molecule has 2 aromatic carbocycles. The number of carbonyl (C=O) groups is 2. The third kappa shape index (κ3) is 3.42. The minimum absolute atomic E-state index is 0.169. The summed E-state index contributed by atoms with van der Waals surface area (Å²) in [6.45, 7) is 1.67. The van der Waals surface area contributed by atoms with E-state index in [0.29, 0.717) is 22.0 Å². The molecule has 5 nitrogen and oxygen atoms in total. The normalized spacial score (nSPS) is 16.8. The minimum Gasteiger partial charge on any atom is -0.430 e. The monoisotopic (exact) mass is 356 g/mol. The van der Waals surface area contributed by atoms with Gasteiger partial charge in [0, 0.05) is 29.6 Å². The van der Waals surface area contributed by atoms with E-state index in [2.05, 4.69) is 4.99 Å². The van der Waals surface area contributed by atoms with Crippen LogP contribution in [0.3, 0.4) is 0 Å². The number of hydrogen-bond donors (Lipinski definition) is 0. The van der Waals surface area contributed by atoms with E-state index in [-0.39, 0.29) is 6.42 Å². The van der Waals surface area contributed by atoms with Crippen LogP contribution in [0.4, 0.5) is 5.69 Å². The molecular weight excluding hydrogens is 340 g/mol. The second-order valence-corrected chi connectivity index (χ2v) is 6.03. The Kier molecular flexibility index (Phi) is 4.86. The summed E-state index contributed by atoms with van der Waals surface area (Å²) in [6.07, 6.45) is -1.05. The van der Waals surface area contributed by atoms with Crippen molar-refractivity contribution in [1.29, 1.82) is 0 Å². The van der Waals surface area contributed by atoms with Crippen molar-refractivity contribution in [2.75, 3.05) is 11.9 Å². The first-order valence-electron chi connectivity index (χ1n) is 7.91. The van der Waals surface area contributed by atoms with Crippen LogP contribution in [-0.2, 0) is 14.3 Å². The summed E-state index contributed by atoms with van der Waals surface area (Å²) >= 11 is 6.17. The number of halogens is 1. The highest BCUT2D eigenvalue weighted by Gasteiger charge is 2.32. The molecule has 128 valence electrons. The van der Waals surface area contributed by atoms with Crippen molar-refractivity contribution in [3.8, 4) is 0 Å². The fraction of sp³-hybridized carbons (Fsp3) is 0.211. The van der Waals surface area contributed by atoms with Crippen LogP contribution in [0.15, 0.2) is 53.5 Å². The summed E-state index contributed by atoms with van der Waals surface area (Å²) < 4.78 is 5.27. The molecule has 0 saturated heterocycles. The van der Waals surface area contributed by atoms with E-state index >= 15 is 0 Å². The number of amides is 1.